The normalized spacial score (nSPS) is 11.8. The van der Waals surface area contributed by atoms with Gasteiger partial charge in [0.1, 0.15) is 5.76 Å². The number of furan rings is 1. The molecular weight excluding hydrogens is 542 g/mol. The van der Waals surface area contributed by atoms with E-state index in [4.69, 9.17) is 21.0 Å². The van der Waals surface area contributed by atoms with Crippen LogP contribution in [-0.4, -0.2) is 30.7 Å². The van der Waals surface area contributed by atoms with Crippen LogP contribution in [0, 0.1) is 6.92 Å². The third-order valence-corrected chi connectivity index (χ3v) is 9.43. The maximum atomic E-state index is 13.7. The van der Waals surface area contributed by atoms with Gasteiger partial charge in [0, 0.05) is 24.2 Å². The minimum atomic E-state index is -3.75. The van der Waals surface area contributed by atoms with Crippen LogP contribution in [0.2, 0.25) is 5.02 Å². The van der Waals surface area contributed by atoms with Gasteiger partial charge in [0.2, 0.25) is 10.0 Å². The number of fused-ring (bicyclic) bond motifs is 1. The number of hydrogen-bond donors (Lipinski definition) is 0. The second-order valence-corrected chi connectivity index (χ2v) is 12.2. The zero-order valence-electron chi connectivity index (χ0n) is 20.7. The number of sulfonamides is 1. The maximum absolute atomic E-state index is 13.7. The number of hydrogen-bond acceptors (Lipinski definition) is 6. The Morgan fingerprint density at radius 3 is 2.39 bits per heavy atom. The fourth-order valence-electron chi connectivity index (χ4n) is 4.02. The highest BCUT2D eigenvalue weighted by Gasteiger charge is 2.25. The van der Waals surface area contributed by atoms with Crippen LogP contribution < -0.4 is 4.90 Å². The summed E-state index contributed by atoms with van der Waals surface area (Å²) in [6, 6.07) is 22.6. The highest BCUT2D eigenvalue weighted by Crippen LogP contribution is 2.35. The monoisotopic (exact) mass is 565 g/mol. The SMILES string of the molecule is Cc1c(Cl)ccc2sc(N(Cc3ccco3)C(=O)c3ccc(S(=O)(=O)N(C)Cc4ccccc4)cc3)nc12. The molecule has 5 aromatic rings. The fourth-order valence-corrected chi connectivity index (χ4v) is 6.35. The van der Waals surface area contributed by atoms with E-state index in [1.165, 1.54) is 51.9 Å². The minimum Gasteiger partial charge on any atom is -0.467 e. The Kier molecular flexibility index (Phi) is 7.36. The molecule has 0 bridgehead atoms. The summed E-state index contributed by atoms with van der Waals surface area (Å²) >= 11 is 7.66. The van der Waals surface area contributed by atoms with Gasteiger partial charge in [-0.3, -0.25) is 9.69 Å². The third-order valence-electron chi connectivity index (χ3n) is 6.16. The highest BCUT2D eigenvalue weighted by atomic mass is 35.5. The van der Waals surface area contributed by atoms with Crippen molar-refractivity contribution in [3.8, 4) is 0 Å². The van der Waals surface area contributed by atoms with Crippen LogP contribution in [0.4, 0.5) is 5.13 Å². The summed E-state index contributed by atoms with van der Waals surface area (Å²) in [5.74, 6) is 0.264. The van der Waals surface area contributed by atoms with Crippen molar-refractivity contribution in [3.63, 3.8) is 0 Å². The number of anilines is 1. The molecule has 0 aliphatic heterocycles. The first-order valence-electron chi connectivity index (χ1n) is 11.7. The molecule has 0 saturated heterocycles. The molecule has 2 heterocycles. The van der Waals surface area contributed by atoms with Crippen LogP contribution in [0.5, 0.6) is 0 Å². The number of aryl methyl sites for hydroxylation is 1. The summed E-state index contributed by atoms with van der Waals surface area (Å²) < 4.78 is 34.0. The number of halogens is 1. The first kappa shape index (κ1) is 26.1. The number of carbonyl (C=O) groups is 1. The van der Waals surface area contributed by atoms with Crippen molar-refractivity contribution < 1.29 is 17.6 Å². The summed E-state index contributed by atoms with van der Waals surface area (Å²) in [5, 5.41) is 1.10. The zero-order chi connectivity index (χ0) is 26.9. The molecule has 10 heteroatoms. The molecule has 0 fully saturated rings. The molecule has 3 aromatic carbocycles. The van der Waals surface area contributed by atoms with Crippen LogP contribution in [0.25, 0.3) is 10.2 Å². The second-order valence-electron chi connectivity index (χ2n) is 8.76. The molecule has 0 radical (unpaired) electrons. The van der Waals surface area contributed by atoms with Crippen molar-refractivity contribution in [1.29, 1.82) is 0 Å². The minimum absolute atomic E-state index is 0.107. The second kappa shape index (κ2) is 10.7. The number of thiazole rings is 1. The molecule has 0 aliphatic carbocycles. The van der Waals surface area contributed by atoms with Crippen molar-refractivity contribution in [2.45, 2.75) is 24.9 Å². The lowest BCUT2D eigenvalue weighted by Crippen LogP contribution is -2.30. The molecular formula is C28H24ClN3O4S2. The van der Waals surface area contributed by atoms with Crippen LogP contribution in [0.1, 0.15) is 27.2 Å². The molecule has 38 heavy (non-hydrogen) atoms. The van der Waals surface area contributed by atoms with Gasteiger partial charge in [0.25, 0.3) is 5.91 Å². The average Bonchev–Trinajstić information content (AvgIpc) is 3.60. The van der Waals surface area contributed by atoms with E-state index >= 15 is 0 Å². The highest BCUT2D eigenvalue weighted by molar-refractivity contribution is 7.89. The topological polar surface area (TPSA) is 83.7 Å². The van der Waals surface area contributed by atoms with Gasteiger partial charge in [-0.15, -0.1) is 0 Å². The Morgan fingerprint density at radius 1 is 0.974 bits per heavy atom. The first-order valence-corrected chi connectivity index (χ1v) is 14.4. The molecule has 0 atom stereocenters. The van der Waals surface area contributed by atoms with Gasteiger partial charge in [0.15, 0.2) is 5.13 Å². The Labute approximate surface area is 230 Å². The molecule has 0 N–H and O–H groups in total. The van der Waals surface area contributed by atoms with Gasteiger partial charge in [-0.1, -0.05) is 53.3 Å². The standard InChI is InChI=1S/C28H24ClN3O4S2/c1-19-24(29)14-15-25-26(19)30-28(37-25)32(18-22-9-6-16-36-22)27(33)21-10-12-23(13-11-21)38(34,35)31(2)17-20-7-4-3-5-8-20/h3-16H,17-18H2,1-2H3. The lowest BCUT2D eigenvalue weighted by Gasteiger charge is -2.20. The van der Waals surface area contributed by atoms with Gasteiger partial charge < -0.3 is 4.42 Å². The number of amides is 1. The van der Waals surface area contributed by atoms with Gasteiger partial charge in [-0.25, -0.2) is 13.4 Å². The molecule has 7 nitrogen and oxygen atoms in total. The van der Waals surface area contributed by atoms with Crippen molar-refractivity contribution in [3.05, 3.63) is 113 Å². The third kappa shape index (κ3) is 5.23. The number of carbonyl (C=O) groups excluding carboxylic acids is 1. The molecule has 0 unspecified atom stereocenters. The van der Waals surface area contributed by atoms with Crippen molar-refractivity contribution in [2.75, 3.05) is 11.9 Å². The quantitative estimate of drug-likeness (QED) is 0.214. The van der Waals surface area contributed by atoms with E-state index in [2.05, 4.69) is 0 Å². The van der Waals surface area contributed by atoms with Crippen molar-refractivity contribution >= 4 is 54.2 Å². The summed E-state index contributed by atoms with van der Waals surface area (Å²) in [7, 11) is -2.21. The van der Waals surface area contributed by atoms with Crippen LogP contribution in [0.3, 0.4) is 0 Å². The van der Waals surface area contributed by atoms with Gasteiger partial charge in [0.05, 0.1) is 27.9 Å². The summed E-state index contributed by atoms with van der Waals surface area (Å²) in [5.41, 5.74) is 2.78. The number of rotatable bonds is 8. The van der Waals surface area contributed by atoms with Crippen molar-refractivity contribution in [1.82, 2.24) is 9.29 Å². The Morgan fingerprint density at radius 2 is 1.71 bits per heavy atom. The van der Waals surface area contributed by atoms with Gasteiger partial charge >= 0.3 is 0 Å². The molecule has 0 spiro atoms. The molecule has 5 rings (SSSR count). The summed E-state index contributed by atoms with van der Waals surface area (Å²) in [4.78, 5) is 20.1. The molecule has 2 aromatic heterocycles. The average molecular weight is 566 g/mol. The van der Waals surface area contributed by atoms with E-state index in [1.807, 2.05) is 49.4 Å². The number of benzene rings is 3. The summed E-state index contributed by atoms with van der Waals surface area (Å²) in [6.07, 6.45) is 1.55. The number of aromatic nitrogens is 1. The van der Waals surface area contributed by atoms with E-state index in [-0.39, 0.29) is 23.9 Å². The van der Waals surface area contributed by atoms with Crippen LogP contribution >= 0.6 is 22.9 Å². The van der Waals surface area contributed by atoms with E-state index in [1.54, 1.807) is 18.4 Å². The zero-order valence-corrected chi connectivity index (χ0v) is 23.1. The van der Waals surface area contributed by atoms with Crippen LogP contribution in [0.15, 0.2) is 94.4 Å². The van der Waals surface area contributed by atoms with Crippen LogP contribution in [-0.2, 0) is 23.1 Å². The predicted octanol–water partition coefficient (Wildman–Crippen LogP) is 6.52. The lowest BCUT2D eigenvalue weighted by atomic mass is 10.2. The van der Waals surface area contributed by atoms with Gasteiger partial charge in [-0.2, -0.15) is 4.31 Å². The summed E-state index contributed by atoms with van der Waals surface area (Å²) in [6.45, 7) is 2.29. The Hall–Kier alpha value is -3.50. The van der Waals surface area contributed by atoms with E-state index in [0.717, 1.165) is 21.3 Å². The number of nitrogens with zero attached hydrogens (tertiary/aromatic N) is 3. The van der Waals surface area contributed by atoms with E-state index < -0.39 is 10.0 Å². The molecule has 194 valence electrons. The Balaban J connectivity index is 1.44. The predicted molar refractivity (Wildman–Crippen MR) is 150 cm³/mol. The smallest absolute Gasteiger partial charge is 0.260 e. The van der Waals surface area contributed by atoms with Crippen molar-refractivity contribution in [2.24, 2.45) is 0 Å². The largest absolute Gasteiger partial charge is 0.467 e. The molecule has 0 aliphatic rings. The molecule has 0 saturated carbocycles. The van der Waals surface area contributed by atoms with Gasteiger partial charge in [-0.05, 0) is 66.6 Å². The first-order chi connectivity index (χ1) is 18.2. The van der Waals surface area contributed by atoms with E-state index in [0.29, 0.717) is 21.5 Å². The fraction of sp³-hybridized carbons (Fsp3) is 0.143. The Bertz CT molecular complexity index is 1680. The molecule has 1 amide bonds. The van der Waals surface area contributed by atoms with E-state index in [9.17, 15) is 13.2 Å². The maximum Gasteiger partial charge on any atom is 0.260 e. The lowest BCUT2D eigenvalue weighted by molar-refractivity contribution is 0.0983.